The van der Waals surface area contributed by atoms with Gasteiger partial charge >= 0.3 is 5.97 Å². The summed E-state index contributed by atoms with van der Waals surface area (Å²) in [7, 11) is 0. The number of ether oxygens (including phenoxy) is 1. The number of carbonyl (C=O) groups excluding carboxylic acids is 2. The topological polar surface area (TPSA) is 95.9 Å². The Bertz CT molecular complexity index is 1690. The van der Waals surface area contributed by atoms with Gasteiger partial charge in [-0.15, -0.1) is 11.3 Å². The summed E-state index contributed by atoms with van der Waals surface area (Å²) < 4.78 is 5.96. The molecule has 0 aliphatic heterocycles. The number of benzene rings is 4. The molecule has 2 N–H and O–H groups in total. The van der Waals surface area contributed by atoms with Crippen molar-refractivity contribution in [3.05, 3.63) is 148 Å². The fourth-order valence-corrected chi connectivity index (χ4v) is 5.67. The summed E-state index contributed by atoms with van der Waals surface area (Å²) in [6, 6.07) is 35.8. The summed E-state index contributed by atoms with van der Waals surface area (Å²) in [5.74, 6) is -0.493. The molecule has 0 radical (unpaired) electrons. The van der Waals surface area contributed by atoms with Crippen LogP contribution in [-0.2, 0) is 22.4 Å². The molecule has 4 aromatic carbocycles. The summed E-state index contributed by atoms with van der Waals surface area (Å²) in [4.78, 5) is 41.2. The summed E-state index contributed by atoms with van der Waals surface area (Å²) >= 11 is 1.57. The lowest BCUT2D eigenvalue weighted by atomic mass is 10.00. The van der Waals surface area contributed by atoms with Gasteiger partial charge in [0.25, 0.3) is 0 Å². The summed E-state index contributed by atoms with van der Waals surface area (Å²) in [5.41, 5.74) is 3.09. The lowest BCUT2D eigenvalue weighted by Gasteiger charge is -2.23. The number of aliphatic carboxylic acids is 1. The second-order valence-corrected chi connectivity index (χ2v) is 11.5. The second-order valence-electron chi connectivity index (χ2n) is 10.5. The smallest absolute Gasteiger partial charge is 0.326 e. The molecule has 0 unspecified atom stereocenters. The number of thiophene rings is 1. The molecule has 5 aromatic rings. The van der Waals surface area contributed by atoms with E-state index in [1.54, 1.807) is 64.8 Å². The molecule has 0 bridgehead atoms. The van der Waals surface area contributed by atoms with E-state index >= 15 is 0 Å². The van der Waals surface area contributed by atoms with E-state index in [0.717, 1.165) is 16.1 Å². The maximum absolute atomic E-state index is 13.1. The third kappa shape index (κ3) is 8.68. The Morgan fingerprint density at radius 3 is 2.18 bits per heavy atom. The Hall–Kier alpha value is -5.21. The maximum Gasteiger partial charge on any atom is 0.326 e. The number of nitrogens with zero attached hydrogens (tertiary/aromatic N) is 1. The van der Waals surface area contributed by atoms with Crippen molar-refractivity contribution in [3.8, 4) is 5.75 Å². The zero-order valence-electron chi connectivity index (χ0n) is 24.7. The van der Waals surface area contributed by atoms with Gasteiger partial charge in [-0.25, -0.2) is 4.79 Å². The molecule has 1 aromatic heterocycles. The normalized spacial score (nSPS) is 11.4. The number of rotatable bonds is 15. The molecule has 0 aliphatic carbocycles. The molecule has 0 fully saturated rings. The third-order valence-corrected chi connectivity index (χ3v) is 8.14. The maximum atomic E-state index is 13.1. The Morgan fingerprint density at radius 2 is 1.49 bits per heavy atom. The highest BCUT2D eigenvalue weighted by Crippen LogP contribution is 2.23. The van der Waals surface area contributed by atoms with E-state index in [1.165, 1.54) is 0 Å². The zero-order valence-corrected chi connectivity index (χ0v) is 25.5. The number of para-hydroxylation sites is 2. The molecule has 1 heterocycles. The largest absolute Gasteiger partial charge is 0.494 e. The number of carboxylic acids is 1. The van der Waals surface area contributed by atoms with E-state index in [-0.39, 0.29) is 18.1 Å². The molecule has 5 rings (SSSR count). The highest BCUT2D eigenvalue weighted by molar-refractivity contribution is 7.10. The van der Waals surface area contributed by atoms with Crippen LogP contribution in [0, 0.1) is 0 Å². The van der Waals surface area contributed by atoms with Crippen LogP contribution in [-0.4, -0.2) is 42.0 Å². The van der Waals surface area contributed by atoms with Gasteiger partial charge in [-0.05, 0) is 59.8 Å². The molecule has 8 heteroatoms. The van der Waals surface area contributed by atoms with E-state index in [9.17, 15) is 19.5 Å². The molecular weight excluding hydrogens is 584 g/mol. The van der Waals surface area contributed by atoms with Crippen molar-refractivity contribution in [2.45, 2.75) is 25.3 Å². The molecule has 0 aliphatic rings. The summed E-state index contributed by atoms with van der Waals surface area (Å²) in [5, 5.41) is 15.0. The van der Waals surface area contributed by atoms with Crippen LogP contribution in [0.3, 0.4) is 0 Å². The van der Waals surface area contributed by atoms with Crippen LogP contribution in [0.5, 0.6) is 5.75 Å². The minimum absolute atomic E-state index is 0.0432. The van der Waals surface area contributed by atoms with Crippen molar-refractivity contribution in [1.82, 2.24) is 0 Å². The number of amides is 1. The van der Waals surface area contributed by atoms with Crippen LogP contribution >= 0.6 is 11.3 Å². The summed E-state index contributed by atoms with van der Waals surface area (Å²) in [6.07, 6.45) is 1.21. The van der Waals surface area contributed by atoms with Gasteiger partial charge < -0.3 is 20.1 Å². The van der Waals surface area contributed by atoms with Crippen molar-refractivity contribution in [1.29, 1.82) is 0 Å². The molecule has 1 atom stereocenters. The Morgan fingerprint density at radius 1 is 0.800 bits per heavy atom. The second kappa shape index (κ2) is 15.5. The monoisotopic (exact) mass is 618 g/mol. The van der Waals surface area contributed by atoms with Gasteiger partial charge in [0.2, 0.25) is 5.91 Å². The first-order chi connectivity index (χ1) is 22.0. The molecule has 7 nitrogen and oxygen atoms in total. The van der Waals surface area contributed by atoms with Gasteiger partial charge in [-0.1, -0.05) is 78.9 Å². The number of carbonyl (C=O) groups is 3. The van der Waals surface area contributed by atoms with Gasteiger partial charge in [0, 0.05) is 40.3 Å². The fourth-order valence-electron chi connectivity index (χ4n) is 4.97. The number of hydrogen-bond donors (Lipinski definition) is 2. The van der Waals surface area contributed by atoms with Gasteiger partial charge in [-0.2, -0.15) is 0 Å². The quantitative estimate of drug-likeness (QED) is 0.0957. The van der Waals surface area contributed by atoms with E-state index < -0.39 is 12.0 Å². The van der Waals surface area contributed by atoms with Crippen molar-refractivity contribution in [2.75, 3.05) is 23.4 Å². The SMILES string of the molecule is O=C(c1ccccc1)c1ccccc1N[C@@H](Cc1ccc(OCCCN(C(=O)Cc2cccs2)c2ccccc2)cc1)C(=O)O. The van der Waals surface area contributed by atoms with E-state index in [2.05, 4.69) is 5.32 Å². The first-order valence-corrected chi connectivity index (χ1v) is 15.6. The van der Waals surface area contributed by atoms with Crippen molar-refractivity contribution in [3.63, 3.8) is 0 Å². The molecule has 228 valence electrons. The number of anilines is 2. The molecular formula is C37H34N2O5S. The fraction of sp³-hybridized carbons (Fsp3) is 0.162. The van der Waals surface area contributed by atoms with Crippen LogP contribution in [0.4, 0.5) is 11.4 Å². The first-order valence-electron chi connectivity index (χ1n) is 14.8. The standard InChI is InChI=1S/C37H34N2O5S/c40-35(26-31-15-9-24-45-31)39(29-13-5-2-6-14-29)22-10-23-44-30-20-18-27(19-21-30)25-34(37(42)43)38-33-17-8-7-16-32(33)36(41)28-11-3-1-4-12-28/h1-9,11-21,24,34,38H,10,22-23,25-26H2,(H,42,43)/t34-/m0/s1. The van der Waals surface area contributed by atoms with Crippen LogP contribution in [0.25, 0.3) is 0 Å². The molecule has 45 heavy (non-hydrogen) atoms. The van der Waals surface area contributed by atoms with Crippen LogP contribution < -0.4 is 15.0 Å². The van der Waals surface area contributed by atoms with Crippen molar-refractivity contribution < 1.29 is 24.2 Å². The van der Waals surface area contributed by atoms with Crippen LogP contribution in [0.15, 0.2) is 127 Å². The highest BCUT2D eigenvalue weighted by Gasteiger charge is 2.22. The summed E-state index contributed by atoms with van der Waals surface area (Å²) in [6.45, 7) is 0.938. The van der Waals surface area contributed by atoms with Crippen LogP contribution in [0.2, 0.25) is 0 Å². The minimum Gasteiger partial charge on any atom is -0.494 e. The number of carboxylic acid groups (broad SMARTS) is 1. The predicted molar refractivity (Wildman–Crippen MR) is 178 cm³/mol. The molecule has 1 amide bonds. The van der Waals surface area contributed by atoms with Gasteiger partial charge in [-0.3, -0.25) is 9.59 Å². The molecule has 0 saturated carbocycles. The lowest BCUT2D eigenvalue weighted by Crippen LogP contribution is -2.33. The minimum atomic E-state index is -1.02. The highest BCUT2D eigenvalue weighted by atomic mass is 32.1. The lowest BCUT2D eigenvalue weighted by molar-refractivity contribution is -0.137. The Kier molecular flexibility index (Phi) is 10.8. The van der Waals surface area contributed by atoms with Crippen molar-refractivity contribution >= 4 is 40.4 Å². The molecule has 0 spiro atoms. The van der Waals surface area contributed by atoms with E-state index in [0.29, 0.717) is 48.6 Å². The average Bonchev–Trinajstić information content (AvgIpc) is 3.59. The molecule has 0 saturated heterocycles. The van der Waals surface area contributed by atoms with E-state index in [4.69, 9.17) is 4.74 Å². The zero-order chi connectivity index (χ0) is 31.4. The Labute approximate surface area is 266 Å². The van der Waals surface area contributed by atoms with Crippen molar-refractivity contribution in [2.24, 2.45) is 0 Å². The van der Waals surface area contributed by atoms with Crippen LogP contribution in [0.1, 0.15) is 32.8 Å². The first kappa shape index (κ1) is 31.2. The average molecular weight is 619 g/mol. The van der Waals surface area contributed by atoms with Gasteiger partial charge in [0.15, 0.2) is 5.78 Å². The third-order valence-electron chi connectivity index (χ3n) is 7.27. The Balaban J connectivity index is 1.16. The number of ketones is 1. The predicted octanol–water partition coefficient (Wildman–Crippen LogP) is 7.13. The van der Waals surface area contributed by atoms with Gasteiger partial charge in [0.1, 0.15) is 11.8 Å². The number of nitrogens with one attached hydrogen (secondary N) is 1. The number of hydrogen-bond acceptors (Lipinski definition) is 6. The van der Waals surface area contributed by atoms with E-state index in [1.807, 2.05) is 78.2 Å². The van der Waals surface area contributed by atoms with Gasteiger partial charge in [0.05, 0.1) is 13.0 Å².